The highest BCUT2D eigenvalue weighted by molar-refractivity contribution is 7.98. The maximum Gasteiger partial charge on any atom is 0.414 e. The molecular weight excluding hydrogens is 281 g/mol. The fourth-order valence-corrected chi connectivity index (χ4v) is 2.65. The Morgan fingerprint density at radius 2 is 2.15 bits per heavy atom. The van der Waals surface area contributed by atoms with Crippen molar-refractivity contribution in [2.45, 2.75) is 30.6 Å². The van der Waals surface area contributed by atoms with Gasteiger partial charge in [0.2, 0.25) is 6.86 Å². The zero-order chi connectivity index (χ0) is 14.8. The maximum absolute atomic E-state index is 12.1. The van der Waals surface area contributed by atoms with E-state index in [-0.39, 0.29) is 6.10 Å². The van der Waals surface area contributed by atoms with Gasteiger partial charge >= 0.3 is 6.09 Å². The number of hydrogen-bond donors (Lipinski definition) is 0. The molecule has 1 heterocycles. The van der Waals surface area contributed by atoms with Gasteiger partial charge in [-0.05, 0) is 37.8 Å². The molecule has 1 aliphatic heterocycles. The van der Waals surface area contributed by atoms with Gasteiger partial charge in [0.1, 0.15) is 11.8 Å². The first-order chi connectivity index (χ1) is 9.47. The van der Waals surface area contributed by atoms with Gasteiger partial charge in [-0.3, -0.25) is 4.90 Å². The van der Waals surface area contributed by atoms with E-state index in [9.17, 15) is 9.18 Å². The van der Waals surface area contributed by atoms with Crippen LogP contribution in [0.5, 0.6) is 0 Å². The zero-order valence-corrected chi connectivity index (χ0v) is 12.6. The second-order valence-electron chi connectivity index (χ2n) is 4.96. The van der Waals surface area contributed by atoms with Crippen LogP contribution in [-0.2, 0) is 9.47 Å². The number of alkyl halides is 1. The number of halogens is 1. The Balaban J connectivity index is 2.13. The second-order valence-corrected chi connectivity index (χ2v) is 5.84. The Morgan fingerprint density at radius 3 is 2.70 bits per heavy atom. The lowest BCUT2D eigenvalue weighted by Crippen LogP contribution is -2.43. The van der Waals surface area contributed by atoms with Gasteiger partial charge in [-0.25, -0.2) is 9.18 Å². The molecule has 0 N–H and O–H groups in total. The maximum atomic E-state index is 12.1. The van der Waals surface area contributed by atoms with Crippen LogP contribution >= 0.6 is 11.8 Å². The first kappa shape index (κ1) is 15.1. The van der Waals surface area contributed by atoms with Gasteiger partial charge < -0.3 is 9.47 Å². The van der Waals surface area contributed by atoms with Gasteiger partial charge in [0.25, 0.3) is 0 Å². The fourth-order valence-electron chi connectivity index (χ4n) is 2.25. The van der Waals surface area contributed by atoms with E-state index in [4.69, 9.17) is 4.74 Å². The largest absolute Gasteiger partial charge is 0.417 e. The third-order valence-corrected chi connectivity index (χ3v) is 4.06. The molecule has 1 fully saturated rings. The number of nitrogens with zero attached hydrogens (tertiary/aromatic N) is 1. The molecule has 1 aromatic carbocycles. The molecule has 0 saturated carbocycles. The smallest absolute Gasteiger partial charge is 0.414 e. The first-order valence-electron chi connectivity index (χ1n) is 6.30. The van der Waals surface area contributed by atoms with Crippen LogP contribution in [0, 0.1) is 0 Å². The highest BCUT2D eigenvalue weighted by Crippen LogP contribution is 2.36. The van der Waals surface area contributed by atoms with Crippen LogP contribution in [0.25, 0.3) is 0 Å². The monoisotopic (exact) mass is 299 g/mol. The van der Waals surface area contributed by atoms with E-state index >= 15 is 0 Å². The molecule has 0 radical (unpaired) electrons. The second kappa shape index (κ2) is 6.01. The molecule has 0 spiro atoms. The summed E-state index contributed by atoms with van der Waals surface area (Å²) in [5, 5.41) is 0. The number of carbonyl (C=O) groups is 1. The van der Waals surface area contributed by atoms with Gasteiger partial charge in [-0.15, -0.1) is 11.8 Å². The molecule has 6 heteroatoms. The van der Waals surface area contributed by atoms with E-state index in [1.54, 1.807) is 25.6 Å². The molecular formula is C14H18FNO3S. The molecule has 1 amide bonds. The van der Waals surface area contributed by atoms with Gasteiger partial charge in [0, 0.05) is 4.90 Å². The quantitative estimate of drug-likeness (QED) is 0.800. The lowest BCUT2D eigenvalue weighted by Gasteiger charge is -2.28. The Labute approximate surface area is 122 Å². The van der Waals surface area contributed by atoms with Crippen molar-refractivity contribution in [3.63, 3.8) is 0 Å². The lowest BCUT2D eigenvalue weighted by atomic mass is 10.1. The standard InChI is InChI=1S/C14H18FNO3S/c1-14(2)16(13(17)18-9-15)8-12(19-14)10-4-6-11(20-3)7-5-10/h4-7,12H,8-9H2,1-3H3. The predicted octanol–water partition coefficient (Wildman–Crippen LogP) is 3.58. The molecule has 20 heavy (non-hydrogen) atoms. The molecule has 0 bridgehead atoms. The molecule has 1 unspecified atom stereocenters. The lowest BCUT2D eigenvalue weighted by molar-refractivity contribution is -0.0734. The predicted molar refractivity (Wildman–Crippen MR) is 75.3 cm³/mol. The Morgan fingerprint density at radius 1 is 1.50 bits per heavy atom. The van der Waals surface area contributed by atoms with Crippen molar-refractivity contribution < 1.29 is 18.7 Å². The topological polar surface area (TPSA) is 38.8 Å². The minimum absolute atomic E-state index is 0.229. The average Bonchev–Trinajstić information content (AvgIpc) is 2.75. The summed E-state index contributed by atoms with van der Waals surface area (Å²) < 4.78 is 22.4. The summed E-state index contributed by atoms with van der Waals surface area (Å²) in [5.74, 6) is 0. The van der Waals surface area contributed by atoms with Crippen molar-refractivity contribution in [2.24, 2.45) is 0 Å². The van der Waals surface area contributed by atoms with Crippen molar-refractivity contribution in [2.75, 3.05) is 19.7 Å². The molecule has 4 nitrogen and oxygen atoms in total. The van der Waals surface area contributed by atoms with Crippen molar-refractivity contribution in [3.05, 3.63) is 29.8 Å². The summed E-state index contributed by atoms with van der Waals surface area (Å²) in [6.07, 6.45) is 1.09. The summed E-state index contributed by atoms with van der Waals surface area (Å²) in [5.41, 5.74) is 0.182. The fraction of sp³-hybridized carbons (Fsp3) is 0.500. The number of benzene rings is 1. The molecule has 110 valence electrons. The van der Waals surface area contributed by atoms with Crippen molar-refractivity contribution in [3.8, 4) is 0 Å². The summed E-state index contributed by atoms with van der Waals surface area (Å²) in [6, 6.07) is 7.99. The van der Waals surface area contributed by atoms with Crippen LogP contribution in [0.1, 0.15) is 25.5 Å². The molecule has 1 atom stereocenters. The van der Waals surface area contributed by atoms with Gasteiger partial charge in [-0.1, -0.05) is 12.1 Å². The van der Waals surface area contributed by atoms with Crippen LogP contribution in [0.3, 0.4) is 0 Å². The molecule has 2 rings (SSSR count). The molecule has 1 saturated heterocycles. The van der Waals surface area contributed by atoms with Crippen molar-refractivity contribution >= 4 is 17.9 Å². The number of thioether (sulfide) groups is 1. The van der Waals surface area contributed by atoms with Crippen LogP contribution < -0.4 is 0 Å². The number of hydrogen-bond acceptors (Lipinski definition) is 4. The number of ether oxygens (including phenoxy) is 2. The van der Waals surface area contributed by atoms with Crippen LogP contribution in [0.2, 0.25) is 0 Å². The van der Waals surface area contributed by atoms with Crippen molar-refractivity contribution in [1.29, 1.82) is 0 Å². The minimum Gasteiger partial charge on any atom is -0.417 e. The van der Waals surface area contributed by atoms with Crippen LogP contribution in [0.15, 0.2) is 29.2 Å². The Kier molecular flexibility index (Phi) is 4.55. The Bertz CT molecular complexity index is 478. The van der Waals surface area contributed by atoms with E-state index in [2.05, 4.69) is 4.74 Å². The Hall–Kier alpha value is -1.27. The van der Waals surface area contributed by atoms with Gasteiger partial charge in [0.05, 0.1) is 6.54 Å². The van der Waals surface area contributed by atoms with E-state index in [0.717, 1.165) is 5.56 Å². The molecule has 1 aromatic rings. The number of amides is 1. The SMILES string of the molecule is CSc1ccc(C2CN(C(=O)OCF)C(C)(C)O2)cc1. The zero-order valence-electron chi connectivity index (χ0n) is 11.8. The summed E-state index contributed by atoms with van der Waals surface area (Å²) in [7, 11) is 0. The summed E-state index contributed by atoms with van der Waals surface area (Å²) in [6.45, 7) is 2.76. The van der Waals surface area contributed by atoms with Crippen LogP contribution in [0.4, 0.5) is 9.18 Å². The van der Waals surface area contributed by atoms with Crippen molar-refractivity contribution in [1.82, 2.24) is 4.90 Å². The highest BCUT2D eigenvalue weighted by Gasteiger charge is 2.43. The summed E-state index contributed by atoms with van der Waals surface area (Å²) >= 11 is 1.66. The normalized spacial score (nSPS) is 21.0. The van der Waals surface area contributed by atoms with Crippen LogP contribution in [-0.4, -0.2) is 36.4 Å². The van der Waals surface area contributed by atoms with E-state index < -0.39 is 18.7 Å². The van der Waals surface area contributed by atoms with Gasteiger partial charge in [0.15, 0.2) is 0 Å². The minimum atomic E-state index is -1.13. The van der Waals surface area contributed by atoms with E-state index in [1.807, 2.05) is 30.5 Å². The highest BCUT2D eigenvalue weighted by atomic mass is 32.2. The first-order valence-corrected chi connectivity index (χ1v) is 7.52. The molecule has 0 aromatic heterocycles. The number of carbonyl (C=O) groups excluding carboxylic acids is 1. The third kappa shape index (κ3) is 3.07. The molecule has 1 aliphatic rings. The van der Waals surface area contributed by atoms with Gasteiger partial charge in [-0.2, -0.15) is 0 Å². The van der Waals surface area contributed by atoms with E-state index in [0.29, 0.717) is 6.54 Å². The summed E-state index contributed by atoms with van der Waals surface area (Å²) in [4.78, 5) is 14.3. The third-order valence-electron chi connectivity index (χ3n) is 3.32. The van der Waals surface area contributed by atoms with E-state index in [1.165, 1.54) is 9.80 Å². The number of rotatable bonds is 3. The molecule has 0 aliphatic carbocycles. The average molecular weight is 299 g/mol.